The number of aromatic nitrogens is 2. The van der Waals surface area contributed by atoms with Crippen molar-refractivity contribution >= 4 is 17.4 Å². The maximum absolute atomic E-state index is 6.21. The van der Waals surface area contributed by atoms with Gasteiger partial charge in [0, 0.05) is 24.2 Å². The number of halogens is 1. The van der Waals surface area contributed by atoms with Gasteiger partial charge in [0.25, 0.3) is 0 Å². The fourth-order valence-corrected chi connectivity index (χ4v) is 2.29. The van der Waals surface area contributed by atoms with E-state index in [1.807, 2.05) is 6.92 Å². The average molecular weight is 282 g/mol. The molecule has 19 heavy (non-hydrogen) atoms. The van der Waals surface area contributed by atoms with Gasteiger partial charge in [-0.25, -0.2) is 0 Å². The van der Waals surface area contributed by atoms with Crippen LogP contribution in [0.5, 0.6) is 11.5 Å². The van der Waals surface area contributed by atoms with Gasteiger partial charge < -0.3 is 15.2 Å². The minimum absolute atomic E-state index is 0.476. The number of ether oxygens (including phenoxy) is 2. The third kappa shape index (κ3) is 2.21. The number of hydrogen-bond acceptors (Lipinski definition) is 4. The summed E-state index contributed by atoms with van der Waals surface area (Å²) < 4.78 is 12.2. The highest BCUT2D eigenvalue weighted by molar-refractivity contribution is 6.32. The zero-order valence-corrected chi connectivity index (χ0v) is 12.1. The van der Waals surface area contributed by atoms with Crippen molar-refractivity contribution in [2.24, 2.45) is 7.05 Å². The van der Waals surface area contributed by atoms with Crippen LogP contribution in [0.15, 0.2) is 12.1 Å². The zero-order valence-electron chi connectivity index (χ0n) is 11.3. The third-order valence-corrected chi connectivity index (χ3v) is 3.32. The van der Waals surface area contributed by atoms with Crippen LogP contribution in [-0.4, -0.2) is 24.0 Å². The Bertz CT molecular complexity index is 603. The van der Waals surface area contributed by atoms with Gasteiger partial charge in [0.2, 0.25) is 0 Å². The van der Waals surface area contributed by atoms with Crippen molar-refractivity contribution in [3.05, 3.63) is 22.7 Å². The number of hydrogen-bond donors (Lipinski definition) is 1. The number of anilines is 1. The van der Waals surface area contributed by atoms with Crippen LogP contribution in [0, 0.1) is 6.92 Å². The predicted octanol–water partition coefficient (Wildman–Crippen LogP) is 2.65. The summed E-state index contributed by atoms with van der Waals surface area (Å²) in [7, 11) is 4.93. The Balaban J connectivity index is 2.68. The van der Waals surface area contributed by atoms with Crippen LogP contribution in [0.1, 0.15) is 5.56 Å². The van der Waals surface area contributed by atoms with Crippen molar-refractivity contribution in [1.29, 1.82) is 0 Å². The molecular weight excluding hydrogens is 266 g/mol. The number of methoxy groups -OCH3 is 2. The minimum Gasteiger partial charge on any atom is -0.493 e. The van der Waals surface area contributed by atoms with Crippen LogP contribution in [-0.2, 0) is 7.05 Å². The summed E-state index contributed by atoms with van der Waals surface area (Å²) >= 11 is 6.21. The van der Waals surface area contributed by atoms with Gasteiger partial charge in [-0.1, -0.05) is 11.6 Å². The number of nitrogen functional groups attached to an aromatic ring is 1. The molecule has 1 heterocycles. The fraction of sp³-hybridized carbons (Fsp3) is 0.308. The summed E-state index contributed by atoms with van der Waals surface area (Å²) in [6.07, 6.45) is 0. The van der Waals surface area contributed by atoms with E-state index in [1.54, 1.807) is 38.1 Å². The first-order valence-electron chi connectivity index (χ1n) is 5.70. The van der Waals surface area contributed by atoms with E-state index in [-0.39, 0.29) is 0 Å². The van der Waals surface area contributed by atoms with Gasteiger partial charge in [0.05, 0.1) is 24.9 Å². The summed E-state index contributed by atoms with van der Waals surface area (Å²) in [6.45, 7) is 1.93. The Labute approximate surface area is 116 Å². The summed E-state index contributed by atoms with van der Waals surface area (Å²) in [5, 5.41) is 4.83. The first-order valence-corrected chi connectivity index (χ1v) is 6.08. The lowest BCUT2D eigenvalue weighted by Gasteiger charge is -2.14. The van der Waals surface area contributed by atoms with Crippen molar-refractivity contribution in [2.45, 2.75) is 6.92 Å². The van der Waals surface area contributed by atoms with E-state index in [4.69, 9.17) is 26.8 Å². The Kier molecular flexibility index (Phi) is 3.57. The highest BCUT2D eigenvalue weighted by atomic mass is 35.5. The molecule has 1 aromatic heterocycles. The largest absolute Gasteiger partial charge is 0.493 e. The third-order valence-electron chi connectivity index (χ3n) is 3.04. The standard InChI is InChI=1S/C13H16ClN3O2/c1-7-8(10-6-11(15)17(2)16-10)5-9(14)13(19-4)12(7)18-3/h5-6H,15H2,1-4H3. The second-order valence-electron chi connectivity index (χ2n) is 4.18. The summed E-state index contributed by atoms with van der Waals surface area (Å²) in [5.41, 5.74) is 8.33. The summed E-state index contributed by atoms with van der Waals surface area (Å²) in [6, 6.07) is 3.60. The average Bonchev–Trinajstić information content (AvgIpc) is 2.71. The highest BCUT2D eigenvalue weighted by Crippen LogP contribution is 2.42. The number of aryl methyl sites for hydroxylation is 1. The van der Waals surface area contributed by atoms with E-state index in [9.17, 15) is 0 Å². The molecule has 0 unspecified atom stereocenters. The van der Waals surface area contributed by atoms with Gasteiger partial charge in [-0.3, -0.25) is 4.68 Å². The molecule has 0 saturated heterocycles. The second-order valence-corrected chi connectivity index (χ2v) is 4.58. The lowest BCUT2D eigenvalue weighted by atomic mass is 10.0. The van der Waals surface area contributed by atoms with Gasteiger partial charge in [-0.15, -0.1) is 0 Å². The van der Waals surface area contributed by atoms with E-state index < -0.39 is 0 Å². The Morgan fingerprint density at radius 1 is 1.21 bits per heavy atom. The first-order chi connectivity index (χ1) is 8.99. The molecule has 1 aromatic carbocycles. The van der Waals surface area contributed by atoms with Crippen LogP contribution >= 0.6 is 11.6 Å². The Morgan fingerprint density at radius 3 is 2.32 bits per heavy atom. The lowest BCUT2D eigenvalue weighted by Crippen LogP contribution is -1.98. The van der Waals surface area contributed by atoms with E-state index in [2.05, 4.69) is 5.10 Å². The summed E-state index contributed by atoms with van der Waals surface area (Å²) in [5.74, 6) is 1.71. The molecule has 0 aliphatic rings. The molecule has 0 saturated carbocycles. The molecule has 0 fully saturated rings. The predicted molar refractivity (Wildman–Crippen MR) is 75.9 cm³/mol. The van der Waals surface area contributed by atoms with Crippen molar-refractivity contribution in [3.63, 3.8) is 0 Å². The molecule has 2 aromatic rings. The maximum Gasteiger partial charge on any atom is 0.179 e. The van der Waals surface area contributed by atoms with Crippen molar-refractivity contribution in [1.82, 2.24) is 9.78 Å². The van der Waals surface area contributed by atoms with Crippen LogP contribution < -0.4 is 15.2 Å². The smallest absolute Gasteiger partial charge is 0.179 e. The lowest BCUT2D eigenvalue weighted by molar-refractivity contribution is 0.353. The van der Waals surface area contributed by atoms with Crippen molar-refractivity contribution in [3.8, 4) is 22.8 Å². The Hall–Kier alpha value is -1.88. The molecule has 2 N–H and O–H groups in total. The number of benzene rings is 1. The van der Waals surface area contributed by atoms with E-state index in [0.717, 1.165) is 16.8 Å². The van der Waals surface area contributed by atoms with Crippen LogP contribution in [0.4, 0.5) is 5.82 Å². The van der Waals surface area contributed by atoms with Gasteiger partial charge in [0.15, 0.2) is 11.5 Å². The molecule has 0 atom stereocenters. The highest BCUT2D eigenvalue weighted by Gasteiger charge is 2.18. The monoisotopic (exact) mass is 281 g/mol. The topological polar surface area (TPSA) is 62.3 Å². The zero-order chi connectivity index (χ0) is 14.2. The maximum atomic E-state index is 6.21. The molecule has 6 heteroatoms. The molecule has 0 bridgehead atoms. The molecule has 0 aliphatic heterocycles. The molecule has 0 radical (unpaired) electrons. The van der Waals surface area contributed by atoms with Crippen molar-refractivity contribution in [2.75, 3.05) is 20.0 Å². The molecular formula is C13H16ClN3O2. The normalized spacial score (nSPS) is 10.6. The van der Waals surface area contributed by atoms with E-state index >= 15 is 0 Å². The van der Waals surface area contributed by atoms with Gasteiger partial charge in [-0.05, 0) is 13.0 Å². The van der Waals surface area contributed by atoms with Crippen LogP contribution in [0.3, 0.4) is 0 Å². The SMILES string of the molecule is COc1c(Cl)cc(-c2cc(N)n(C)n2)c(C)c1OC. The molecule has 102 valence electrons. The number of nitrogens with two attached hydrogens (primary N) is 1. The number of nitrogens with zero attached hydrogens (tertiary/aromatic N) is 2. The molecule has 0 spiro atoms. The molecule has 0 amide bonds. The van der Waals surface area contributed by atoms with Gasteiger partial charge in [-0.2, -0.15) is 5.10 Å². The number of rotatable bonds is 3. The quantitative estimate of drug-likeness (QED) is 0.939. The van der Waals surface area contributed by atoms with Crippen molar-refractivity contribution < 1.29 is 9.47 Å². The first kappa shape index (κ1) is 13.5. The van der Waals surface area contributed by atoms with E-state index in [1.165, 1.54) is 0 Å². The van der Waals surface area contributed by atoms with Crippen LogP contribution in [0.25, 0.3) is 11.3 Å². The summed E-state index contributed by atoms with van der Waals surface area (Å²) in [4.78, 5) is 0. The van der Waals surface area contributed by atoms with Gasteiger partial charge in [0.1, 0.15) is 5.82 Å². The Morgan fingerprint density at radius 2 is 1.84 bits per heavy atom. The molecule has 0 aliphatic carbocycles. The molecule has 2 rings (SSSR count). The van der Waals surface area contributed by atoms with Crippen LogP contribution in [0.2, 0.25) is 5.02 Å². The van der Waals surface area contributed by atoms with Gasteiger partial charge >= 0.3 is 0 Å². The van der Waals surface area contributed by atoms with E-state index in [0.29, 0.717) is 22.3 Å². The molecule has 5 nitrogen and oxygen atoms in total. The minimum atomic E-state index is 0.476. The fourth-order valence-electron chi connectivity index (χ4n) is 2.02. The second kappa shape index (κ2) is 5.01.